The molecule has 3 aromatic rings. The highest BCUT2D eigenvalue weighted by Gasteiger charge is 2.17. The minimum absolute atomic E-state index is 0.142. The molecule has 0 aliphatic rings. The molecule has 0 radical (unpaired) electrons. The Hall–Kier alpha value is -2.92. The lowest BCUT2D eigenvalue weighted by Gasteiger charge is -2.22. The Bertz CT molecular complexity index is 903. The number of pyridine rings is 1. The summed E-state index contributed by atoms with van der Waals surface area (Å²) in [6, 6.07) is 18.3. The molecule has 0 fully saturated rings. The van der Waals surface area contributed by atoms with Gasteiger partial charge in [-0.15, -0.1) is 0 Å². The Balaban J connectivity index is 1.94. The van der Waals surface area contributed by atoms with Crippen molar-refractivity contribution in [3.05, 3.63) is 82.3 Å². The number of rotatable bonds is 5. The number of hydrogen-bond donors (Lipinski definition) is 2. The van der Waals surface area contributed by atoms with Gasteiger partial charge in [0.05, 0.1) is 6.61 Å². The number of carbonyl (C=O) groups is 1. The number of nitrogens with zero attached hydrogens (tertiary/aromatic N) is 1. The van der Waals surface area contributed by atoms with Crippen molar-refractivity contribution in [1.82, 2.24) is 9.88 Å². The third kappa shape index (κ3) is 3.36. The number of H-pyrrole nitrogens is 1. The van der Waals surface area contributed by atoms with Crippen LogP contribution in [0.3, 0.4) is 0 Å². The first-order chi connectivity index (χ1) is 11.7. The highest BCUT2D eigenvalue weighted by molar-refractivity contribution is 5.96. The number of aliphatic hydroxyl groups is 1. The second-order valence-corrected chi connectivity index (χ2v) is 5.54. The Kier molecular flexibility index (Phi) is 4.72. The number of benzene rings is 2. The minimum Gasteiger partial charge on any atom is -0.395 e. The molecule has 2 aromatic carbocycles. The van der Waals surface area contributed by atoms with Crippen molar-refractivity contribution in [3.8, 4) is 0 Å². The summed E-state index contributed by atoms with van der Waals surface area (Å²) in [5.74, 6) is -0.309. The van der Waals surface area contributed by atoms with Gasteiger partial charge in [-0.1, -0.05) is 48.5 Å². The van der Waals surface area contributed by atoms with Gasteiger partial charge in [-0.25, -0.2) is 0 Å². The van der Waals surface area contributed by atoms with Gasteiger partial charge in [0.25, 0.3) is 11.5 Å². The van der Waals surface area contributed by atoms with Gasteiger partial charge in [0.15, 0.2) is 0 Å². The first-order valence-electron chi connectivity index (χ1n) is 7.75. The molecule has 0 aliphatic heterocycles. The number of aromatic amines is 1. The molecule has 3 rings (SSSR count). The van der Waals surface area contributed by atoms with E-state index < -0.39 is 0 Å². The summed E-state index contributed by atoms with van der Waals surface area (Å²) in [6.45, 7) is 0.425. The second kappa shape index (κ2) is 7.10. The van der Waals surface area contributed by atoms with Crippen LogP contribution >= 0.6 is 0 Å². The van der Waals surface area contributed by atoms with Crippen LogP contribution in [0.25, 0.3) is 10.8 Å². The first kappa shape index (κ1) is 16.0. The minimum atomic E-state index is -0.309. The predicted molar refractivity (Wildman–Crippen MR) is 92.8 cm³/mol. The SMILES string of the molecule is O=C(c1cc2ccccc2c(=O)[nH]1)N(CCO)Cc1ccccc1. The van der Waals surface area contributed by atoms with Crippen molar-refractivity contribution in [2.75, 3.05) is 13.2 Å². The highest BCUT2D eigenvalue weighted by atomic mass is 16.3. The molecular weight excluding hydrogens is 304 g/mol. The molecule has 1 heterocycles. The number of fused-ring (bicyclic) bond motifs is 1. The third-order valence-corrected chi connectivity index (χ3v) is 3.86. The normalized spacial score (nSPS) is 10.7. The van der Waals surface area contributed by atoms with Crippen molar-refractivity contribution >= 4 is 16.7 Å². The fraction of sp³-hybridized carbons (Fsp3) is 0.158. The van der Waals surface area contributed by atoms with Gasteiger partial charge in [0.1, 0.15) is 5.69 Å². The molecule has 0 saturated heterocycles. The zero-order valence-corrected chi connectivity index (χ0v) is 13.1. The molecule has 0 unspecified atom stereocenters. The van der Waals surface area contributed by atoms with Gasteiger partial charge in [-0.05, 0) is 23.1 Å². The zero-order valence-electron chi connectivity index (χ0n) is 13.1. The summed E-state index contributed by atoms with van der Waals surface area (Å²) in [7, 11) is 0. The smallest absolute Gasteiger partial charge is 0.270 e. The molecule has 0 spiro atoms. The lowest BCUT2D eigenvalue weighted by Crippen LogP contribution is -2.34. The summed E-state index contributed by atoms with van der Waals surface area (Å²) in [4.78, 5) is 29.1. The molecule has 0 atom stereocenters. The van der Waals surface area contributed by atoms with E-state index in [1.165, 1.54) is 4.90 Å². The molecule has 2 N–H and O–H groups in total. The fourth-order valence-electron chi connectivity index (χ4n) is 2.67. The maximum atomic E-state index is 12.8. The standard InChI is InChI=1S/C19H18N2O3/c22-11-10-21(13-14-6-2-1-3-7-14)19(24)17-12-15-8-4-5-9-16(15)18(23)20-17/h1-9,12,22H,10-11,13H2,(H,20,23). The molecule has 1 amide bonds. The Labute approximate surface area is 139 Å². The molecule has 0 bridgehead atoms. The topological polar surface area (TPSA) is 73.4 Å². The van der Waals surface area contributed by atoms with Crippen LogP contribution < -0.4 is 5.56 Å². The van der Waals surface area contributed by atoms with E-state index in [0.29, 0.717) is 17.3 Å². The maximum Gasteiger partial charge on any atom is 0.270 e. The monoisotopic (exact) mass is 322 g/mol. The Morgan fingerprint density at radius 2 is 1.75 bits per heavy atom. The summed E-state index contributed by atoms with van der Waals surface area (Å²) < 4.78 is 0. The summed E-state index contributed by atoms with van der Waals surface area (Å²) in [5.41, 5.74) is 0.894. The highest BCUT2D eigenvalue weighted by Crippen LogP contribution is 2.13. The lowest BCUT2D eigenvalue weighted by molar-refractivity contribution is 0.0702. The maximum absolute atomic E-state index is 12.8. The first-order valence-corrected chi connectivity index (χ1v) is 7.75. The quantitative estimate of drug-likeness (QED) is 0.756. The van der Waals surface area contributed by atoms with Crippen molar-refractivity contribution in [1.29, 1.82) is 0 Å². The average molecular weight is 322 g/mol. The van der Waals surface area contributed by atoms with Crippen LogP contribution in [0.1, 0.15) is 16.1 Å². The van der Waals surface area contributed by atoms with E-state index in [4.69, 9.17) is 0 Å². The molecule has 5 heteroatoms. The van der Waals surface area contributed by atoms with Crippen molar-refractivity contribution in [3.63, 3.8) is 0 Å². The molecule has 5 nitrogen and oxygen atoms in total. The summed E-state index contributed by atoms with van der Waals surface area (Å²) in [5, 5.41) is 10.5. The average Bonchev–Trinajstić information content (AvgIpc) is 2.61. The van der Waals surface area contributed by atoms with Gasteiger partial charge >= 0.3 is 0 Å². The van der Waals surface area contributed by atoms with Crippen molar-refractivity contribution in [2.45, 2.75) is 6.54 Å². The molecule has 0 saturated carbocycles. The van der Waals surface area contributed by atoms with E-state index in [9.17, 15) is 14.7 Å². The van der Waals surface area contributed by atoms with E-state index in [1.54, 1.807) is 24.3 Å². The van der Waals surface area contributed by atoms with Crippen LogP contribution in [0.5, 0.6) is 0 Å². The molecule has 24 heavy (non-hydrogen) atoms. The van der Waals surface area contributed by atoms with Crippen LogP contribution in [0.2, 0.25) is 0 Å². The van der Waals surface area contributed by atoms with E-state index in [1.807, 2.05) is 36.4 Å². The summed E-state index contributed by atoms with van der Waals surface area (Å²) in [6.07, 6.45) is 0. The number of aromatic nitrogens is 1. The number of carbonyl (C=O) groups excluding carboxylic acids is 1. The summed E-state index contributed by atoms with van der Waals surface area (Å²) >= 11 is 0. The Morgan fingerprint density at radius 1 is 1.04 bits per heavy atom. The molecule has 0 aliphatic carbocycles. The van der Waals surface area contributed by atoms with E-state index in [-0.39, 0.29) is 30.3 Å². The van der Waals surface area contributed by atoms with Gasteiger partial charge in [0, 0.05) is 18.5 Å². The second-order valence-electron chi connectivity index (χ2n) is 5.54. The number of hydrogen-bond acceptors (Lipinski definition) is 3. The number of nitrogens with one attached hydrogen (secondary N) is 1. The van der Waals surface area contributed by atoms with Crippen LogP contribution in [0.15, 0.2) is 65.5 Å². The van der Waals surface area contributed by atoms with E-state index in [2.05, 4.69) is 4.98 Å². The third-order valence-electron chi connectivity index (χ3n) is 3.86. The predicted octanol–water partition coefficient (Wildman–Crippen LogP) is 2.16. The zero-order chi connectivity index (χ0) is 16.9. The molecular formula is C19H18N2O3. The van der Waals surface area contributed by atoms with Gasteiger partial charge in [-0.2, -0.15) is 0 Å². The van der Waals surface area contributed by atoms with Crippen molar-refractivity contribution in [2.24, 2.45) is 0 Å². The van der Waals surface area contributed by atoms with Gasteiger partial charge in [-0.3, -0.25) is 9.59 Å². The van der Waals surface area contributed by atoms with E-state index in [0.717, 1.165) is 5.56 Å². The number of amides is 1. The van der Waals surface area contributed by atoms with Crippen LogP contribution in [-0.2, 0) is 6.54 Å². The number of aliphatic hydroxyl groups excluding tert-OH is 1. The molecule has 122 valence electrons. The van der Waals surface area contributed by atoms with Crippen LogP contribution in [0.4, 0.5) is 0 Å². The Morgan fingerprint density at radius 3 is 2.50 bits per heavy atom. The van der Waals surface area contributed by atoms with E-state index >= 15 is 0 Å². The van der Waals surface area contributed by atoms with Crippen LogP contribution in [0, 0.1) is 0 Å². The van der Waals surface area contributed by atoms with Crippen LogP contribution in [-0.4, -0.2) is 34.0 Å². The molecule has 1 aromatic heterocycles. The van der Waals surface area contributed by atoms with Crippen molar-refractivity contribution < 1.29 is 9.90 Å². The largest absolute Gasteiger partial charge is 0.395 e. The lowest BCUT2D eigenvalue weighted by atomic mass is 10.1. The fourth-order valence-corrected chi connectivity index (χ4v) is 2.67. The van der Waals surface area contributed by atoms with Gasteiger partial charge in [0.2, 0.25) is 0 Å². The van der Waals surface area contributed by atoms with Gasteiger partial charge < -0.3 is 15.0 Å².